The summed E-state index contributed by atoms with van der Waals surface area (Å²) in [5.74, 6) is 0.0197. The zero-order valence-corrected chi connectivity index (χ0v) is 10.1. The third-order valence-electron chi connectivity index (χ3n) is 2.41. The maximum absolute atomic E-state index is 13.5. The molecule has 0 unspecified atom stereocenters. The molecule has 2 aromatic rings. The second-order valence-electron chi connectivity index (χ2n) is 3.63. The highest BCUT2D eigenvalue weighted by Crippen LogP contribution is 2.20. The van der Waals surface area contributed by atoms with E-state index in [1.807, 2.05) is 6.07 Å². The second kappa shape index (κ2) is 5.52. The molecule has 0 heterocycles. The minimum atomic E-state index is -0.420. The summed E-state index contributed by atoms with van der Waals surface area (Å²) in [5.41, 5.74) is 0.819. The summed E-state index contributed by atoms with van der Waals surface area (Å²) in [6, 6.07) is 13.2. The van der Waals surface area contributed by atoms with Gasteiger partial charge >= 0.3 is 0 Å². The predicted molar refractivity (Wildman–Crippen MR) is 66.9 cm³/mol. The topological polar surface area (TPSA) is 33.0 Å². The minimum Gasteiger partial charge on any atom is -0.487 e. The van der Waals surface area contributed by atoms with Gasteiger partial charge in [-0.15, -0.1) is 0 Å². The van der Waals surface area contributed by atoms with E-state index in [1.165, 1.54) is 6.07 Å². The summed E-state index contributed by atoms with van der Waals surface area (Å²) in [5, 5.41) is 9.23. The van der Waals surface area contributed by atoms with Gasteiger partial charge in [-0.25, -0.2) is 4.39 Å². The third-order valence-corrected chi connectivity index (χ3v) is 2.64. The van der Waals surface area contributed by atoms with Crippen molar-refractivity contribution in [2.75, 3.05) is 0 Å². The number of benzene rings is 2. The standard InChI is InChI=1S/C14H9ClFNO/c15-12-6-5-11(13(16)7-12)9-18-14-4-2-1-3-10(14)8-17/h1-7H,9H2. The van der Waals surface area contributed by atoms with E-state index < -0.39 is 5.82 Å². The Morgan fingerprint density at radius 3 is 2.72 bits per heavy atom. The van der Waals surface area contributed by atoms with E-state index in [0.717, 1.165) is 0 Å². The predicted octanol–water partition coefficient (Wildman–Crippen LogP) is 3.93. The molecule has 0 aliphatic rings. The van der Waals surface area contributed by atoms with Crippen LogP contribution in [-0.4, -0.2) is 0 Å². The van der Waals surface area contributed by atoms with Crippen molar-refractivity contribution in [3.8, 4) is 11.8 Å². The highest BCUT2D eigenvalue weighted by molar-refractivity contribution is 6.30. The van der Waals surface area contributed by atoms with Gasteiger partial charge in [-0.3, -0.25) is 0 Å². The molecule has 0 aliphatic carbocycles. The van der Waals surface area contributed by atoms with E-state index in [-0.39, 0.29) is 6.61 Å². The zero-order valence-electron chi connectivity index (χ0n) is 9.36. The molecular weight excluding hydrogens is 253 g/mol. The first-order valence-corrected chi connectivity index (χ1v) is 5.64. The zero-order chi connectivity index (χ0) is 13.0. The van der Waals surface area contributed by atoms with Crippen LogP contribution in [0.3, 0.4) is 0 Å². The monoisotopic (exact) mass is 261 g/mol. The Morgan fingerprint density at radius 2 is 2.00 bits per heavy atom. The molecule has 90 valence electrons. The number of hydrogen-bond donors (Lipinski definition) is 0. The summed E-state index contributed by atoms with van der Waals surface area (Å²) in [7, 11) is 0. The number of hydrogen-bond acceptors (Lipinski definition) is 2. The van der Waals surface area contributed by atoms with Crippen LogP contribution in [0.15, 0.2) is 42.5 Å². The molecule has 0 fully saturated rings. The van der Waals surface area contributed by atoms with E-state index in [1.54, 1.807) is 36.4 Å². The van der Waals surface area contributed by atoms with Gasteiger partial charge in [0.05, 0.1) is 5.56 Å². The Hall–Kier alpha value is -2.05. The first kappa shape index (κ1) is 12.4. The van der Waals surface area contributed by atoms with E-state index >= 15 is 0 Å². The quantitative estimate of drug-likeness (QED) is 0.839. The second-order valence-corrected chi connectivity index (χ2v) is 4.07. The van der Waals surface area contributed by atoms with Crippen LogP contribution in [0.4, 0.5) is 4.39 Å². The molecule has 0 saturated heterocycles. The van der Waals surface area contributed by atoms with Crippen molar-refractivity contribution >= 4 is 11.6 Å². The third kappa shape index (κ3) is 2.79. The fraction of sp³-hybridized carbons (Fsp3) is 0.0714. The lowest BCUT2D eigenvalue weighted by atomic mass is 10.2. The van der Waals surface area contributed by atoms with E-state index in [4.69, 9.17) is 21.6 Å². The SMILES string of the molecule is N#Cc1ccccc1OCc1ccc(Cl)cc1F. The van der Waals surface area contributed by atoms with Crippen LogP contribution in [-0.2, 0) is 6.61 Å². The van der Waals surface area contributed by atoms with Gasteiger partial charge < -0.3 is 4.74 Å². The van der Waals surface area contributed by atoms with Crippen molar-refractivity contribution in [3.63, 3.8) is 0 Å². The van der Waals surface area contributed by atoms with Crippen molar-refractivity contribution in [1.82, 2.24) is 0 Å². The Bertz CT molecular complexity index is 607. The first-order valence-electron chi connectivity index (χ1n) is 5.26. The molecule has 0 atom stereocenters. The maximum Gasteiger partial charge on any atom is 0.137 e. The molecular formula is C14H9ClFNO. The normalized spacial score (nSPS) is 9.83. The maximum atomic E-state index is 13.5. The number of nitrogens with zero attached hydrogens (tertiary/aromatic N) is 1. The van der Waals surface area contributed by atoms with Crippen molar-refractivity contribution in [2.24, 2.45) is 0 Å². The molecule has 0 saturated carbocycles. The van der Waals surface area contributed by atoms with Gasteiger partial charge in [-0.05, 0) is 24.3 Å². The fourth-order valence-electron chi connectivity index (χ4n) is 1.48. The van der Waals surface area contributed by atoms with Crippen molar-refractivity contribution < 1.29 is 9.13 Å². The molecule has 0 amide bonds. The van der Waals surface area contributed by atoms with Crippen LogP contribution < -0.4 is 4.74 Å². The van der Waals surface area contributed by atoms with Crippen LogP contribution in [0.1, 0.15) is 11.1 Å². The van der Waals surface area contributed by atoms with Crippen molar-refractivity contribution in [1.29, 1.82) is 5.26 Å². The van der Waals surface area contributed by atoms with Crippen LogP contribution in [0, 0.1) is 17.1 Å². The number of halogens is 2. The summed E-state index contributed by atoms with van der Waals surface area (Å²) < 4.78 is 18.9. The summed E-state index contributed by atoms with van der Waals surface area (Å²) >= 11 is 5.66. The molecule has 0 radical (unpaired) electrons. The molecule has 0 spiro atoms. The molecule has 0 aliphatic heterocycles. The van der Waals surface area contributed by atoms with Gasteiger partial charge in [0.25, 0.3) is 0 Å². The Labute approximate surface area is 109 Å². The molecule has 0 bridgehead atoms. The number of ether oxygens (including phenoxy) is 1. The molecule has 2 aromatic carbocycles. The summed E-state index contributed by atoms with van der Waals surface area (Å²) in [6.45, 7) is 0.0572. The van der Waals surface area contributed by atoms with Gasteiger partial charge in [0.15, 0.2) is 0 Å². The smallest absolute Gasteiger partial charge is 0.137 e. The van der Waals surface area contributed by atoms with Crippen molar-refractivity contribution in [2.45, 2.75) is 6.61 Å². The van der Waals surface area contributed by atoms with Gasteiger partial charge in [0.1, 0.15) is 24.2 Å². The minimum absolute atomic E-state index is 0.0572. The van der Waals surface area contributed by atoms with Gasteiger partial charge in [0.2, 0.25) is 0 Å². The summed E-state index contributed by atoms with van der Waals surface area (Å²) in [4.78, 5) is 0. The highest BCUT2D eigenvalue weighted by atomic mass is 35.5. The van der Waals surface area contributed by atoms with Crippen LogP contribution in [0.25, 0.3) is 0 Å². The Kier molecular flexibility index (Phi) is 3.81. The fourth-order valence-corrected chi connectivity index (χ4v) is 1.64. The van der Waals surface area contributed by atoms with Gasteiger partial charge in [-0.1, -0.05) is 29.8 Å². The number of para-hydroxylation sites is 1. The lowest BCUT2D eigenvalue weighted by Gasteiger charge is -2.08. The van der Waals surface area contributed by atoms with E-state index in [9.17, 15) is 4.39 Å². The van der Waals surface area contributed by atoms with Gasteiger partial charge in [0, 0.05) is 10.6 Å². The van der Waals surface area contributed by atoms with E-state index in [2.05, 4.69) is 0 Å². The van der Waals surface area contributed by atoms with Crippen molar-refractivity contribution in [3.05, 3.63) is 64.4 Å². The Balaban J connectivity index is 2.14. The van der Waals surface area contributed by atoms with Crippen LogP contribution in [0.2, 0.25) is 5.02 Å². The first-order chi connectivity index (χ1) is 8.70. The molecule has 2 nitrogen and oxygen atoms in total. The molecule has 0 N–H and O–H groups in total. The molecule has 4 heteroatoms. The average Bonchev–Trinajstić information content (AvgIpc) is 2.38. The van der Waals surface area contributed by atoms with Crippen LogP contribution in [0.5, 0.6) is 5.75 Å². The lowest BCUT2D eigenvalue weighted by Crippen LogP contribution is -1.99. The molecule has 0 aromatic heterocycles. The largest absolute Gasteiger partial charge is 0.487 e. The number of rotatable bonds is 3. The van der Waals surface area contributed by atoms with Crippen LogP contribution >= 0.6 is 11.6 Å². The highest BCUT2D eigenvalue weighted by Gasteiger charge is 2.06. The average molecular weight is 262 g/mol. The number of nitriles is 1. The summed E-state index contributed by atoms with van der Waals surface area (Å²) in [6.07, 6.45) is 0. The molecule has 18 heavy (non-hydrogen) atoms. The lowest BCUT2D eigenvalue weighted by molar-refractivity contribution is 0.299. The molecule has 2 rings (SSSR count). The van der Waals surface area contributed by atoms with Gasteiger partial charge in [-0.2, -0.15) is 5.26 Å². The Morgan fingerprint density at radius 1 is 1.22 bits per heavy atom. The van der Waals surface area contributed by atoms with E-state index in [0.29, 0.717) is 21.9 Å².